The molecule has 0 aromatic rings. The van der Waals surface area contributed by atoms with Crippen molar-refractivity contribution in [3.8, 4) is 0 Å². The fourth-order valence-electron chi connectivity index (χ4n) is 0.419. The molecule has 4 nitrogen and oxygen atoms in total. The van der Waals surface area contributed by atoms with E-state index in [0.29, 0.717) is 6.42 Å². The molecule has 0 heterocycles. The molecule has 0 rings (SSSR count). The van der Waals surface area contributed by atoms with Crippen molar-refractivity contribution >= 4 is 18.4 Å². The Hall–Kier alpha value is -0.320. The van der Waals surface area contributed by atoms with Crippen molar-refractivity contribution in [2.24, 2.45) is 5.73 Å². The molecule has 0 fully saturated rings. The number of aliphatic hydroxyl groups is 1. The molecule has 0 aliphatic rings. The summed E-state index contributed by atoms with van der Waals surface area (Å²) in [6, 6.07) is -1.14. The first kappa shape index (κ1) is 12.4. The highest BCUT2D eigenvalue weighted by molar-refractivity contribution is 5.85. The summed E-state index contributed by atoms with van der Waals surface area (Å²) in [7, 11) is 0. The van der Waals surface area contributed by atoms with Crippen LogP contribution in [0.5, 0.6) is 0 Å². The number of hydrogen-bond donors (Lipinski definition) is 3. The van der Waals surface area contributed by atoms with Crippen LogP contribution in [0.4, 0.5) is 0 Å². The number of aliphatic hydroxyl groups excluding tert-OH is 1. The number of rotatable bonds is 3. The maximum Gasteiger partial charge on any atom is 0.323 e. The summed E-state index contributed by atoms with van der Waals surface area (Å²) in [6.07, 6.45) is -0.560. The van der Waals surface area contributed by atoms with Crippen LogP contribution in [-0.4, -0.2) is 28.3 Å². The number of carboxylic acids is 1. The van der Waals surface area contributed by atoms with Crippen LogP contribution in [0.3, 0.4) is 0 Å². The van der Waals surface area contributed by atoms with Crippen LogP contribution in [0.25, 0.3) is 0 Å². The molecule has 4 N–H and O–H groups in total. The van der Waals surface area contributed by atoms with Gasteiger partial charge in [0.2, 0.25) is 0 Å². The Morgan fingerprint density at radius 1 is 1.70 bits per heavy atom. The van der Waals surface area contributed by atoms with Crippen LogP contribution in [0.15, 0.2) is 0 Å². The number of halogens is 1. The Kier molecular flexibility index (Phi) is 6.76. The van der Waals surface area contributed by atoms with Gasteiger partial charge in [-0.1, -0.05) is 6.92 Å². The Labute approximate surface area is 65.4 Å². The van der Waals surface area contributed by atoms with Crippen molar-refractivity contribution in [2.45, 2.75) is 25.5 Å². The Morgan fingerprint density at radius 2 is 2.10 bits per heavy atom. The molecule has 0 spiro atoms. The first-order chi connectivity index (χ1) is 4.09. The van der Waals surface area contributed by atoms with Crippen molar-refractivity contribution in [2.75, 3.05) is 0 Å². The number of carbonyl (C=O) groups is 1. The standard InChI is InChI=1S/C5H11NO3.ClH/c1-2-3(7)4(6)5(8)9;/h3-4,7H,2,6H2,1H3,(H,8,9);1H/t3-,4+;/m1./s1. The van der Waals surface area contributed by atoms with E-state index >= 15 is 0 Å². The third kappa shape index (κ3) is 3.66. The van der Waals surface area contributed by atoms with Crippen LogP contribution < -0.4 is 5.73 Å². The molecule has 0 aromatic heterocycles. The van der Waals surface area contributed by atoms with Crippen LogP contribution in [0.1, 0.15) is 13.3 Å². The SMILES string of the molecule is CC[C@@H](O)[C@H](N)C(=O)O.Cl. The van der Waals surface area contributed by atoms with Gasteiger partial charge in [0, 0.05) is 0 Å². The summed E-state index contributed by atoms with van der Waals surface area (Å²) < 4.78 is 0. The monoisotopic (exact) mass is 169 g/mol. The molecule has 0 aliphatic carbocycles. The summed E-state index contributed by atoms with van der Waals surface area (Å²) in [5.74, 6) is -1.16. The van der Waals surface area contributed by atoms with E-state index in [2.05, 4.69) is 0 Å². The second-order valence-electron chi connectivity index (χ2n) is 1.84. The zero-order valence-corrected chi connectivity index (χ0v) is 6.47. The van der Waals surface area contributed by atoms with E-state index < -0.39 is 18.1 Å². The average Bonchev–Trinajstić information content (AvgIpc) is 1.84. The topological polar surface area (TPSA) is 83.5 Å². The van der Waals surface area contributed by atoms with Crippen molar-refractivity contribution < 1.29 is 15.0 Å². The van der Waals surface area contributed by atoms with E-state index in [1.54, 1.807) is 6.92 Å². The molecule has 10 heavy (non-hydrogen) atoms. The average molecular weight is 170 g/mol. The summed E-state index contributed by atoms with van der Waals surface area (Å²) >= 11 is 0. The Bertz CT molecular complexity index is 109. The fraction of sp³-hybridized carbons (Fsp3) is 0.800. The van der Waals surface area contributed by atoms with Crippen LogP contribution >= 0.6 is 12.4 Å². The molecule has 0 aromatic carbocycles. The van der Waals surface area contributed by atoms with Gasteiger partial charge in [-0.15, -0.1) is 12.4 Å². The van der Waals surface area contributed by atoms with Crippen LogP contribution in [0, 0.1) is 0 Å². The van der Waals surface area contributed by atoms with E-state index in [1.807, 2.05) is 0 Å². The minimum atomic E-state index is -1.16. The van der Waals surface area contributed by atoms with E-state index in [9.17, 15) is 4.79 Å². The molecule has 5 heteroatoms. The molecular formula is C5H12ClNO3. The fourth-order valence-corrected chi connectivity index (χ4v) is 0.419. The van der Waals surface area contributed by atoms with Gasteiger partial charge in [-0.2, -0.15) is 0 Å². The lowest BCUT2D eigenvalue weighted by atomic mass is 10.1. The predicted molar refractivity (Wildman–Crippen MR) is 39.2 cm³/mol. The molecule has 0 saturated carbocycles. The summed E-state index contributed by atoms with van der Waals surface area (Å²) in [5.41, 5.74) is 5.02. The maximum absolute atomic E-state index is 10.0. The van der Waals surface area contributed by atoms with Crippen molar-refractivity contribution in [3.05, 3.63) is 0 Å². The predicted octanol–water partition coefficient (Wildman–Crippen LogP) is -0.409. The highest BCUT2D eigenvalue weighted by Crippen LogP contribution is 1.94. The molecule has 0 amide bonds. The molecule has 0 bridgehead atoms. The van der Waals surface area contributed by atoms with Gasteiger partial charge < -0.3 is 15.9 Å². The lowest BCUT2D eigenvalue weighted by Crippen LogP contribution is -2.41. The molecule has 2 atom stereocenters. The van der Waals surface area contributed by atoms with Crippen LogP contribution in [-0.2, 0) is 4.79 Å². The molecular weight excluding hydrogens is 158 g/mol. The Balaban J connectivity index is 0. The number of carboxylic acid groups (broad SMARTS) is 1. The van der Waals surface area contributed by atoms with Gasteiger partial charge in [-0.05, 0) is 6.42 Å². The van der Waals surface area contributed by atoms with Gasteiger partial charge in [-0.3, -0.25) is 4.79 Å². The zero-order valence-electron chi connectivity index (χ0n) is 5.65. The zero-order chi connectivity index (χ0) is 7.44. The third-order valence-corrected chi connectivity index (χ3v) is 1.12. The first-order valence-electron chi connectivity index (χ1n) is 2.76. The molecule has 0 saturated heterocycles. The van der Waals surface area contributed by atoms with E-state index in [1.165, 1.54) is 0 Å². The number of nitrogens with two attached hydrogens (primary N) is 1. The first-order valence-corrected chi connectivity index (χ1v) is 2.76. The van der Waals surface area contributed by atoms with Crippen molar-refractivity contribution in [3.63, 3.8) is 0 Å². The summed E-state index contributed by atoms with van der Waals surface area (Å²) in [5, 5.41) is 17.0. The van der Waals surface area contributed by atoms with Gasteiger partial charge >= 0.3 is 5.97 Å². The smallest absolute Gasteiger partial charge is 0.323 e. The van der Waals surface area contributed by atoms with Crippen molar-refractivity contribution in [1.29, 1.82) is 0 Å². The highest BCUT2D eigenvalue weighted by atomic mass is 35.5. The number of aliphatic carboxylic acids is 1. The molecule has 0 aliphatic heterocycles. The van der Waals surface area contributed by atoms with E-state index in [-0.39, 0.29) is 12.4 Å². The molecule has 62 valence electrons. The van der Waals surface area contributed by atoms with E-state index in [0.717, 1.165) is 0 Å². The maximum atomic E-state index is 10.0. The summed E-state index contributed by atoms with van der Waals surface area (Å²) in [6.45, 7) is 1.67. The van der Waals surface area contributed by atoms with Gasteiger partial charge in [0.15, 0.2) is 0 Å². The summed E-state index contributed by atoms with van der Waals surface area (Å²) in [4.78, 5) is 10.0. The van der Waals surface area contributed by atoms with Gasteiger partial charge in [0.05, 0.1) is 6.10 Å². The largest absolute Gasteiger partial charge is 0.480 e. The molecule has 0 radical (unpaired) electrons. The van der Waals surface area contributed by atoms with Gasteiger partial charge in [0.25, 0.3) is 0 Å². The quantitative estimate of drug-likeness (QED) is 0.537. The molecule has 0 unspecified atom stereocenters. The van der Waals surface area contributed by atoms with Crippen molar-refractivity contribution in [1.82, 2.24) is 0 Å². The lowest BCUT2D eigenvalue weighted by molar-refractivity contribution is -0.141. The van der Waals surface area contributed by atoms with Gasteiger partial charge in [0.1, 0.15) is 6.04 Å². The Morgan fingerprint density at radius 3 is 2.20 bits per heavy atom. The normalized spacial score (nSPS) is 15.1. The van der Waals surface area contributed by atoms with E-state index in [4.69, 9.17) is 15.9 Å². The van der Waals surface area contributed by atoms with Crippen LogP contribution in [0.2, 0.25) is 0 Å². The number of hydrogen-bond acceptors (Lipinski definition) is 3. The minimum absolute atomic E-state index is 0. The highest BCUT2D eigenvalue weighted by Gasteiger charge is 2.19. The second-order valence-corrected chi connectivity index (χ2v) is 1.84. The van der Waals surface area contributed by atoms with Gasteiger partial charge in [-0.25, -0.2) is 0 Å². The minimum Gasteiger partial charge on any atom is -0.480 e. The second kappa shape index (κ2) is 5.46. The lowest BCUT2D eigenvalue weighted by Gasteiger charge is -2.10. The third-order valence-electron chi connectivity index (χ3n) is 1.12.